The van der Waals surface area contributed by atoms with E-state index >= 15 is 0 Å². The Morgan fingerprint density at radius 2 is 1.81 bits per heavy atom. The second kappa shape index (κ2) is 4.56. The molecule has 3 N–H and O–H groups in total. The summed E-state index contributed by atoms with van der Waals surface area (Å²) in [6, 6.07) is 7.96. The van der Waals surface area contributed by atoms with Crippen molar-refractivity contribution in [2.24, 2.45) is 11.1 Å². The van der Waals surface area contributed by atoms with Crippen LogP contribution in [0.3, 0.4) is 0 Å². The minimum atomic E-state index is -0.887. The number of hydrogen-bond donors (Lipinski definition) is 2. The van der Waals surface area contributed by atoms with Gasteiger partial charge in [-0.2, -0.15) is 0 Å². The first-order valence-corrected chi connectivity index (χ1v) is 5.87. The van der Waals surface area contributed by atoms with Crippen LogP contribution in [0.1, 0.15) is 38.3 Å². The van der Waals surface area contributed by atoms with Crippen molar-refractivity contribution < 1.29 is 5.11 Å². The van der Waals surface area contributed by atoms with E-state index in [9.17, 15) is 5.11 Å². The van der Waals surface area contributed by atoms with Gasteiger partial charge in [-0.1, -0.05) is 38.1 Å². The smallest absolute Gasteiger partial charge is 0.0936 e. The van der Waals surface area contributed by atoms with Crippen LogP contribution in [0.25, 0.3) is 0 Å². The first kappa shape index (κ1) is 13.2. The standard InChI is InChI=1S/C14H23NO/c1-5-13(3,10-15)14(4,16)12-9-7-6-8-11(12)2/h6-9,16H,5,10,15H2,1-4H3. The van der Waals surface area contributed by atoms with Crippen molar-refractivity contribution in [2.75, 3.05) is 6.54 Å². The van der Waals surface area contributed by atoms with E-state index < -0.39 is 5.60 Å². The van der Waals surface area contributed by atoms with Gasteiger partial charge < -0.3 is 10.8 Å². The van der Waals surface area contributed by atoms with Crippen molar-refractivity contribution in [1.29, 1.82) is 0 Å². The van der Waals surface area contributed by atoms with Crippen LogP contribution < -0.4 is 5.73 Å². The summed E-state index contributed by atoms with van der Waals surface area (Å²) in [5.74, 6) is 0. The van der Waals surface area contributed by atoms with E-state index in [0.717, 1.165) is 17.5 Å². The molecule has 0 radical (unpaired) electrons. The zero-order valence-corrected chi connectivity index (χ0v) is 10.7. The van der Waals surface area contributed by atoms with Gasteiger partial charge in [-0.25, -0.2) is 0 Å². The molecule has 16 heavy (non-hydrogen) atoms. The van der Waals surface area contributed by atoms with Crippen molar-refractivity contribution in [1.82, 2.24) is 0 Å². The van der Waals surface area contributed by atoms with Gasteiger partial charge in [-0.15, -0.1) is 0 Å². The molecule has 0 spiro atoms. The summed E-state index contributed by atoms with van der Waals surface area (Å²) in [6.07, 6.45) is 0.852. The summed E-state index contributed by atoms with van der Waals surface area (Å²) >= 11 is 0. The third-order valence-electron chi connectivity index (χ3n) is 4.08. The average molecular weight is 221 g/mol. The summed E-state index contributed by atoms with van der Waals surface area (Å²) in [6.45, 7) is 8.48. The lowest BCUT2D eigenvalue weighted by Crippen LogP contribution is -2.46. The minimum absolute atomic E-state index is 0.293. The molecular weight excluding hydrogens is 198 g/mol. The number of aryl methyl sites for hydroxylation is 1. The molecule has 0 heterocycles. The minimum Gasteiger partial charge on any atom is -0.385 e. The Balaban J connectivity index is 3.25. The Kier molecular flexibility index (Phi) is 3.76. The fourth-order valence-electron chi connectivity index (χ4n) is 2.13. The zero-order valence-electron chi connectivity index (χ0n) is 10.7. The van der Waals surface area contributed by atoms with E-state index in [1.54, 1.807) is 0 Å². The molecule has 1 aromatic rings. The molecular formula is C14H23NO. The van der Waals surface area contributed by atoms with Crippen LogP contribution >= 0.6 is 0 Å². The number of rotatable bonds is 4. The van der Waals surface area contributed by atoms with Crippen molar-refractivity contribution in [3.05, 3.63) is 35.4 Å². The van der Waals surface area contributed by atoms with Crippen LogP contribution in [0.2, 0.25) is 0 Å². The Morgan fingerprint density at radius 3 is 2.25 bits per heavy atom. The van der Waals surface area contributed by atoms with Gasteiger partial charge in [0.05, 0.1) is 5.60 Å². The van der Waals surface area contributed by atoms with Gasteiger partial charge in [0.15, 0.2) is 0 Å². The van der Waals surface area contributed by atoms with Gasteiger partial charge in [0.1, 0.15) is 0 Å². The fraction of sp³-hybridized carbons (Fsp3) is 0.571. The van der Waals surface area contributed by atoms with Crippen LogP contribution in [0.15, 0.2) is 24.3 Å². The molecule has 0 aliphatic carbocycles. The van der Waals surface area contributed by atoms with Gasteiger partial charge in [0.2, 0.25) is 0 Å². The summed E-state index contributed by atoms with van der Waals surface area (Å²) < 4.78 is 0. The largest absolute Gasteiger partial charge is 0.385 e. The van der Waals surface area contributed by atoms with E-state index in [2.05, 4.69) is 6.92 Å². The first-order chi connectivity index (χ1) is 7.39. The third kappa shape index (κ3) is 2.00. The first-order valence-electron chi connectivity index (χ1n) is 5.87. The molecule has 0 aliphatic heterocycles. The van der Waals surface area contributed by atoms with Crippen molar-refractivity contribution in [3.8, 4) is 0 Å². The number of nitrogens with two attached hydrogens (primary N) is 1. The van der Waals surface area contributed by atoms with Crippen molar-refractivity contribution in [3.63, 3.8) is 0 Å². The molecule has 0 bridgehead atoms. The Hall–Kier alpha value is -0.860. The van der Waals surface area contributed by atoms with Gasteiger partial charge in [0.25, 0.3) is 0 Å². The molecule has 0 saturated heterocycles. The van der Waals surface area contributed by atoms with Crippen LogP contribution in [0.4, 0.5) is 0 Å². The lowest BCUT2D eigenvalue weighted by Gasteiger charge is -2.42. The van der Waals surface area contributed by atoms with E-state index in [1.807, 2.05) is 45.0 Å². The second-order valence-electron chi connectivity index (χ2n) is 5.01. The molecule has 0 amide bonds. The molecule has 2 atom stereocenters. The SMILES string of the molecule is CCC(C)(CN)C(C)(O)c1ccccc1C. The van der Waals surface area contributed by atoms with E-state index in [1.165, 1.54) is 0 Å². The molecule has 0 aromatic heterocycles. The topological polar surface area (TPSA) is 46.2 Å². The van der Waals surface area contributed by atoms with Gasteiger partial charge in [-0.3, -0.25) is 0 Å². The van der Waals surface area contributed by atoms with Crippen molar-refractivity contribution >= 4 is 0 Å². The predicted molar refractivity (Wildman–Crippen MR) is 68.2 cm³/mol. The molecule has 2 nitrogen and oxygen atoms in total. The molecule has 0 saturated carbocycles. The zero-order chi connectivity index (χ0) is 12.4. The lowest BCUT2D eigenvalue weighted by molar-refractivity contribution is -0.0650. The molecule has 1 aromatic carbocycles. The van der Waals surface area contributed by atoms with Crippen LogP contribution in [0, 0.1) is 12.3 Å². The summed E-state index contributed by atoms with van der Waals surface area (Å²) in [5, 5.41) is 10.8. The quantitative estimate of drug-likeness (QED) is 0.821. The normalized spacial score (nSPS) is 18.9. The maximum absolute atomic E-state index is 10.8. The summed E-state index contributed by atoms with van der Waals surface area (Å²) in [4.78, 5) is 0. The highest BCUT2D eigenvalue weighted by molar-refractivity contribution is 5.32. The lowest BCUT2D eigenvalue weighted by atomic mass is 9.68. The molecule has 1 rings (SSSR count). The Morgan fingerprint density at radius 1 is 1.25 bits per heavy atom. The maximum Gasteiger partial charge on any atom is 0.0936 e. The Labute approximate surface area is 98.5 Å². The van der Waals surface area contributed by atoms with E-state index in [-0.39, 0.29) is 5.41 Å². The number of aliphatic hydroxyl groups is 1. The Bertz CT molecular complexity index is 354. The molecule has 2 unspecified atom stereocenters. The fourth-order valence-corrected chi connectivity index (χ4v) is 2.13. The molecule has 2 heteroatoms. The number of benzene rings is 1. The van der Waals surface area contributed by atoms with E-state index in [0.29, 0.717) is 6.54 Å². The highest BCUT2D eigenvalue weighted by Crippen LogP contribution is 2.42. The maximum atomic E-state index is 10.8. The summed E-state index contributed by atoms with van der Waals surface area (Å²) in [5.41, 5.74) is 6.74. The van der Waals surface area contributed by atoms with Gasteiger partial charge in [-0.05, 0) is 31.4 Å². The highest BCUT2D eigenvalue weighted by atomic mass is 16.3. The average Bonchev–Trinajstić information content (AvgIpc) is 2.28. The highest BCUT2D eigenvalue weighted by Gasteiger charge is 2.42. The second-order valence-corrected chi connectivity index (χ2v) is 5.01. The van der Waals surface area contributed by atoms with Gasteiger partial charge in [0, 0.05) is 12.0 Å². The van der Waals surface area contributed by atoms with Crippen LogP contribution in [-0.2, 0) is 5.60 Å². The van der Waals surface area contributed by atoms with Crippen LogP contribution in [0.5, 0.6) is 0 Å². The van der Waals surface area contributed by atoms with E-state index in [4.69, 9.17) is 5.73 Å². The monoisotopic (exact) mass is 221 g/mol. The molecule has 90 valence electrons. The van der Waals surface area contributed by atoms with Crippen molar-refractivity contribution in [2.45, 2.75) is 39.7 Å². The predicted octanol–water partition coefficient (Wildman–Crippen LogP) is 2.58. The van der Waals surface area contributed by atoms with Crippen LogP contribution in [-0.4, -0.2) is 11.7 Å². The molecule has 0 fully saturated rings. The third-order valence-corrected chi connectivity index (χ3v) is 4.08. The number of hydrogen-bond acceptors (Lipinski definition) is 2. The molecule has 0 aliphatic rings. The summed E-state index contributed by atoms with van der Waals surface area (Å²) in [7, 11) is 0. The van der Waals surface area contributed by atoms with Gasteiger partial charge >= 0.3 is 0 Å².